The SMILES string of the molecule is COc1ccccc1CNC(=O)c1ccc2ocnc2c1. The number of fused-ring (bicyclic) bond motifs is 1. The Labute approximate surface area is 121 Å². The van der Waals surface area contributed by atoms with E-state index in [1.54, 1.807) is 25.3 Å². The summed E-state index contributed by atoms with van der Waals surface area (Å²) < 4.78 is 10.4. The normalized spacial score (nSPS) is 10.5. The van der Waals surface area contributed by atoms with Gasteiger partial charge in [-0.15, -0.1) is 0 Å². The Kier molecular flexibility index (Phi) is 3.55. The zero-order chi connectivity index (χ0) is 14.7. The van der Waals surface area contributed by atoms with Gasteiger partial charge in [0.05, 0.1) is 7.11 Å². The molecule has 0 atom stereocenters. The topological polar surface area (TPSA) is 64.4 Å². The summed E-state index contributed by atoms with van der Waals surface area (Å²) in [4.78, 5) is 16.2. The van der Waals surface area contributed by atoms with Gasteiger partial charge in [0.15, 0.2) is 12.0 Å². The monoisotopic (exact) mass is 282 g/mol. The van der Waals surface area contributed by atoms with Gasteiger partial charge in [0.1, 0.15) is 11.3 Å². The van der Waals surface area contributed by atoms with Crippen molar-refractivity contribution in [2.45, 2.75) is 6.54 Å². The van der Waals surface area contributed by atoms with Crippen LogP contribution in [0.4, 0.5) is 0 Å². The molecule has 5 nitrogen and oxygen atoms in total. The molecule has 0 fully saturated rings. The van der Waals surface area contributed by atoms with Crippen molar-refractivity contribution in [1.29, 1.82) is 0 Å². The van der Waals surface area contributed by atoms with E-state index in [2.05, 4.69) is 10.3 Å². The van der Waals surface area contributed by atoms with Crippen molar-refractivity contribution in [3.05, 3.63) is 60.0 Å². The maximum atomic E-state index is 12.2. The molecule has 0 aliphatic heterocycles. The van der Waals surface area contributed by atoms with Crippen molar-refractivity contribution >= 4 is 17.0 Å². The van der Waals surface area contributed by atoms with Crippen LogP contribution in [0.5, 0.6) is 5.75 Å². The number of aromatic nitrogens is 1. The van der Waals surface area contributed by atoms with Gasteiger partial charge in [0.2, 0.25) is 0 Å². The highest BCUT2D eigenvalue weighted by Gasteiger charge is 2.09. The van der Waals surface area contributed by atoms with E-state index in [1.807, 2.05) is 24.3 Å². The number of hydrogen-bond acceptors (Lipinski definition) is 4. The predicted octanol–water partition coefficient (Wildman–Crippen LogP) is 2.77. The van der Waals surface area contributed by atoms with Crippen molar-refractivity contribution in [2.24, 2.45) is 0 Å². The molecule has 0 unspecified atom stereocenters. The van der Waals surface area contributed by atoms with Crippen LogP contribution in [0, 0.1) is 0 Å². The van der Waals surface area contributed by atoms with Gasteiger partial charge in [0.25, 0.3) is 5.91 Å². The third-order valence-corrected chi connectivity index (χ3v) is 3.22. The molecule has 3 aromatic rings. The summed E-state index contributed by atoms with van der Waals surface area (Å²) in [5.74, 6) is 0.593. The number of amides is 1. The summed E-state index contributed by atoms with van der Waals surface area (Å²) in [6, 6.07) is 12.7. The first kappa shape index (κ1) is 13.2. The minimum absolute atomic E-state index is 0.161. The lowest BCUT2D eigenvalue weighted by atomic mass is 10.1. The number of carbonyl (C=O) groups is 1. The molecule has 1 N–H and O–H groups in total. The van der Waals surface area contributed by atoms with Gasteiger partial charge in [-0.1, -0.05) is 18.2 Å². The van der Waals surface area contributed by atoms with E-state index in [-0.39, 0.29) is 5.91 Å². The van der Waals surface area contributed by atoms with Crippen LogP contribution in [0.3, 0.4) is 0 Å². The van der Waals surface area contributed by atoms with Crippen LogP contribution < -0.4 is 10.1 Å². The first-order valence-corrected chi connectivity index (χ1v) is 6.51. The number of hydrogen-bond donors (Lipinski definition) is 1. The minimum atomic E-state index is -0.161. The molecular weight excluding hydrogens is 268 g/mol. The Bertz CT molecular complexity index is 780. The lowest BCUT2D eigenvalue weighted by Gasteiger charge is -2.09. The Morgan fingerprint density at radius 3 is 3.00 bits per heavy atom. The van der Waals surface area contributed by atoms with E-state index in [4.69, 9.17) is 9.15 Å². The van der Waals surface area contributed by atoms with Gasteiger partial charge in [-0.25, -0.2) is 4.98 Å². The fourth-order valence-corrected chi connectivity index (χ4v) is 2.13. The molecule has 1 heterocycles. The number of methoxy groups -OCH3 is 1. The molecule has 1 aromatic heterocycles. The molecule has 0 aliphatic rings. The lowest BCUT2D eigenvalue weighted by molar-refractivity contribution is 0.0951. The van der Waals surface area contributed by atoms with Gasteiger partial charge < -0.3 is 14.5 Å². The number of oxazole rings is 1. The van der Waals surface area contributed by atoms with E-state index in [0.717, 1.165) is 11.3 Å². The maximum Gasteiger partial charge on any atom is 0.251 e. The molecule has 0 bridgehead atoms. The van der Waals surface area contributed by atoms with Crippen molar-refractivity contribution in [3.8, 4) is 5.75 Å². The zero-order valence-corrected chi connectivity index (χ0v) is 11.5. The average Bonchev–Trinajstić information content (AvgIpc) is 3.00. The van der Waals surface area contributed by atoms with E-state index in [0.29, 0.717) is 23.2 Å². The number of para-hydroxylation sites is 1. The van der Waals surface area contributed by atoms with Crippen LogP contribution in [0.2, 0.25) is 0 Å². The van der Waals surface area contributed by atoms with E-state index in [1.165, 1.54) is 6.39 Å². The second kappa shape index (κ2) is 5.66. The number of nitrogens with one attached hydrogen (secondary N) is 1. The zero-order valence-electron chi connectivity index (χ0n) is 11.5. The molecule has 1 amide bonds. The van der Waals surface area contributed by atoms with Gasteiger partial charge >= 0.3 is 0 Å². The molecule has 0 aliphatic carbocycles. The van der Waals surface area contributed by atoms with Crippen LogP contribution in [-0.4, -0.2) is 18.0 Å². The minimum Gasteiger partial charge on any atom is -0.496 e. The van der Waals surface area contributed by atoms with Crippen LogP contribution in [0.15, 0.2) is 53.3 Å². The number of ether oxygens (including phenoxy) is 1. The predicted molar refractivity (Wildman–Crippen MR) is 78.2 cm³/mol. The van der Waals surface area contributed by atoms with Crippen LogP contribution in [-0.2, 0) is 6.54 Å². The lowest BCUT2D eigenvalue weighted by Crippen LogP contribution is -2.23. The molecule has 0 saturated carbocycles. The summed E-state index contributed by atoms with van der Waals surface area (Å²) >= 11 is 0. The largest absolute Gasteiger partial charge is 0.496 e. The summed E-state index contributed by atoms with van der Waals surface area (Å²) in [5, 5.41) is 2.87. The quantitative estimate of drug-likeness (QED) is 0.799. The molecule has 21 heavy (non-hydrogen) atoms. The third-order valence-electron chi connectivity index (χ3n) is 3.22. The highest BCUT2D eigenvalue weighted by atomic mass is 16.5. The molecule has 2 aromatic carbocycles. The Balaban J connectivity index is 1.74. The number of benzene rings is 2. The van der Waals surface area contributed by atoms with Gasteiger partial charge in [-0.05, 0) is 24.3 Å². The Morgan fingerprint density at radius 1 is 1.29 bits per heavy atom. The average molecular weight is 282 g/mol. The summed E-state index contributed by atoms with van der Waals surface area (Å²) in [7, 11) is 1.61. The maximum absolute atomic E-state index is 12.2. The fourth-order valence-electron chi connectivity index (χ4n) is 2.13. The first-order valence-electron chi connectivity index (χ1n) is 6.51. The second-order valence-corrected chi connectivity index (χ2v) is 4.53. The molecule has 3 rings (SSSR count). The number of nitrogens with zero attached hydrogens (tertiary/aromatic N) is 1. The number of rotatable bonds is 4. The molecule has 0 saturated heterocycles. The molecule has 0 spiro atoms. The summed E-state index contributed by atoms with van der Waals surface area (Å²) in [6.07, 6.45) is 1.36. The number of carbonyl (C=O) groups excluding carboxylic acids is 1. The Hall–Kier alpha value is -2.82. The third kappa shape index (κ3) is 2.72. The molecule has 106 valence electrons. The van der Waals surface area contributed by atoms with Crippen molar-refractivity contribution in [3.63, 3.8) is 0 Å². The van der Waals surface area contributed by atoms with Gasteiger partial charge in [-0.3, -0.25) is 4.79 Å². The molecular formula is C16H14N2O3. The summed E-state index contributed by atoms with van der Waals surface area (Å²) in [5.41, 5.74) is 2.80. The van der Waals surface area contributed by atoms with E-state index >= 15 is 0 Å². The first-order chi connectivity index (χ1) is 10.3. The second-order valence-electron chi connectivity index (χ2n) is 4.53. The van der Waals surface area contributed by atoms with Crippen molar-refractivity contribution in [1.82, 2.24) is 10.3 Å². The van der Waals surface area contributed by atoms with E-state index in [9.17, 15) is 4.79 Å². The van der Waals surface area contributed by atoms with Gasteiger partial charge in [-0.2, -0.15) is 0 Å². The van der Waals surface area contributed by atoms with E-state index < -0.39 is 0 Å². The smallest absolute Gasteiger partial charge is 0.251 e. The summed E-state index contributed by atoms with van der Waals surface area (Å²) in [6.45, 7) is 0.402. The van der Waals surface area contributed by atoms with Crippen molar-refractivity contribution in [2.75, 3.05) is 7.11 Å². The highest BCUT2D eigenvalue weighted by molar-refractivity contribution is 5.97. The highest BCUT2D eigenvalue weighted by Crippen LogP contribution is 2.17. The van der Waals surface area contributed by atoms with Crippen LogP contribution >= 0.6 is 0 Å². The van der Waals surface area contributed by atoms with Crippen molar-refractivity contribution < 1.29 is 13.9 Å². The van der Waals surface area contributed by atoms with Gasteiger partial charge in [0, 0.05) is 17.7 Å². The molecule has 0 radical (unpaired) electrons. The fraction of sp³-hybridized carbons (Fsp3) is 0.125. The standard InChI is InChI=1S/C16H14N2O3/c1-20-14-5-3-2-4-12(14)9-17-16(19)11-6-7-15-13(8-11)18-10-21-15/h2-8,10H,9H2,1H3,(H,17,19). The van der Waals surface area contributed by atoms with Crippen LogP contribution in [0.1, 0.15) is 15.9 Å². The Morgan fingerprint density at radius 2 is 2.14 bits per heavy atom. The van der Waals surface area contributed by atoms with Crippen LogP contribution in [0.25, 0.3) is 11.1 Å². The molecule has 5 heteroatoms.